The minimum atomic E-state index is -0.410. The van der Waals surface area contributed by atoms with E-state index < -0.39 is 11.8 Å². The zero-order valence-corrected chi connectivity index (χ0v) is 38.7. The number of amides is 4. The third-order valence-electron chi connectivity index (χ3n) is 14.1. The van der Waals surface area contributed by atoms with Gasteiger partial charge < -0.3 is 9.47 Å². The van der Waals surface area contributed by atoms with Gasteiger partial charge in [-0.2, -0.15) is 0 Å². The Hall–Kier alpha value is -8.46. The largest absolute Gasteiger partial charge is 0.488 e. The molecule has 0 radical (unpaired) electrons. The van der Waals surface area contributed by atoms with Crippen LogP contribution in [0, 0.1) is 23.7 Å². The van der Waals surface area contributed by atoms with Gasteiger partial charge in [0.25, 0.3) is 23.6 Å². The van der Waals surface area contributed by atoms with Crippen molar-refractivity contribution in [3.63, 3.8) is 0 Å². The van der Waals surface area contributed by atoms with Crippen LogP contribution in [0.2, 0.25) is 0 Å². The van der Waals surface area contributed by atoms with Crippen LogP contribution < -0.4 is 19.3 Å². The summed E-state index contributed by atoms with van der Waals surface area (Å²) in [4.78, 5) is 59.9. The molecule has 7 aromatic carbocycles. The van der Waals surface area contributed by atoms with E-state index in [4.69, 9.17) is 9.47 Å². The fourth-order valence-electron chi connectivity index (χ4n) is 10.8. The highest BCUT2D eigenvalue weighted by Gasteiger charge is 2.38. The number of carbonyl (C=O) groups excluding carboxylic acids is 4. The van der Waals surface area contributed by atoms with Gasteiger partial charge in [0.1, 0.15) is 24.7 Å². The number of hydrogen-bond acceptors (Lipinski definition) is 6. The molecule has 0 saturated heterocycles. The molecule has 70 heavy (non-hydrogen) atoms. The number of imide groups is 2. The summed E-state index contributed by atoms with van der Waals surface area (Å²) >= 11 is 0. The number of hydrogen-bond donors (Lipinski definition) is 0. The molecular weight excluding hydrogens is 869 g/mol. The summed E-state index contributed by atoms with van der Waals surface area (Å²) in [5.41, 5.74) is 7.40. The van der Waals surface area contributed by atoms with Crippen molar-refractivity contribution in [3.05, 3.63) is 202 Å². The number of ether oxygens (including phenoxy) is 2. The number of benzene rings is 7. The minimum absolute atomic E-state index is 0.196. The van der Waals surface area contributed by atoms with Crippen LogP contribution in [0.15, 0.2) is 147 Å². The summed E-state index contributed by atoms with van der Waals surface area (Å²) in [6.07, 6.45) is 12.4. The molecule has 0 spiro atoms. The van der Waals surface area contributed by atoms with Gasteiger partial charge in [0, 0.05) is 43.8 Å². The van der Waals surface area contributed by atoms with E-state index in [9.17, 15) is 19.2 Å². The van der Waals surface area contributed by atoms with Gasteiger partial charge in [-0.15, -0.1) is 0 Å². The van der Waals surface area contributed by atoms with Gasteiger partial charge >= 0.3 is 0 Å². The first-order valence-corrected chi connectivity index (χ1v) is 24.1. The first-order chi connectivity index (χ1) is 34.3. The van der Waals surface area contributed by atoms with Crippen LogP contribution in [0.25, 0.3) is 21.5 Å². The number of rotatable bonds is 10. The molecule has 4 aliphatic rings. The van der Waals surface area contributed by atoms with Crippen LogP contribution in [0.4, 0.5) is 11.4 Å². The van der Waals surface area contributed by atoms with Crippen LogP contribution >= 0.6 is 0 Å². The lowest BCUT2D eigenvalue weighted by atomic mass is 9.90. The van der Waals surface area contributed by atoms with Gasteiger partial charge in [0.2, 0.25) is 0 Å². The highest BCUT2D eigenvalue weighted by molar-refractivity contribution is 6.37. The first kappa shape index (κ1) is 44.1. The monoisotopic (exact) mass is 916 g/mol. The quantitative estimate of drug-likeness (QED) is 0.0771. The van der Waals surface area contributed by atoms with Gasteiger partial charge in [0.15, 0.2) is 0 Å². The number of nitrogens with zero attached hydrogens (tertiary/aromatic N) is 2. The fraction of sp³-hybridized carbons (Fsp3) is 0.194. The number of carbonyl (C=O) groups is 4. The molecule has 0 unspecified atom stereocenters. The molecule has 0 N–H and O–H groups in total. The maximum absolute atomic E-state index is 14.5. The Morgan fingerprint density at radius 2 is 0.857 bits per heavy atom. The Labute approximate surface area is 407 Å². The summed E-state index contributed by atoms with van der Waals surface area (Å²) in [6.45, 7) is 8.07. The van der Waals surface area contributed by atoms with Gasteiger partial charge in [-0.1, -0.05) is 123 Å². The van der Waals surface area contributed by atoms with Gasteiger partial charge in [-0.3, -0.25) is 19.2 Å². The molecule has 0 bridgehead atoms. The molecule has 8 heteroatoms. The van der Waals surface area contributed by atoms with Crippen LogP contribution in [-0.4, -0.2) is 36.8 Å². The average molecular weight is 917 g/mol. The molecule has 2 aliphatic heterocycles. The van der Waals surface area contributed by atoms with Crippen molar-refractivity contribution in [3.8, 4) is 35.2 Å². The van der Waals surface area contributed by atoms with E-state index in [1.165, 1.54) is 35.5 Å². The van der Waals surface area contributed by atoms with Crippen molar-refractivity contribution in [1.82, 2.24) is 0 Å². The summed E-state index contributed by atoms with van der Waals surface area (Å²) < 4.78 is 12.5. The minimum Gasteiger partial charge on any atom is -0.488 e. The maximum Gasteiger partial charge on any atom is 0.266 e. The molecule has 4 amide bonds. The predicted octanol–water partition coefficient (Wildman–Crippen LogP) is 12.8. The van der Waals surface area contributed by atoms with Gasteiger partial charge in [0.05, 0.1) is 33.6 Å². The molecule has 2 heterocycles. The lowest BCUT2D eigenvalue weighted by Crippen LogP contribution is -2.40. The van der Waals surface area contributed by atoms with Crippen molar-refractivity contribution in [1.29, 1.82) is 0 Å². The molecule has 2 aliphatic carbocycles. The Kier molecular flexibility index (Phi) is 11.7. The Balaban J connectivity index is 0.923. The summed E-state index contributed by atoms with van der Waals surface area (Å²) in [6, 6.07) is 37.5. The van der Waals surface area contributed by atoms with Crippen molar-refractivity contribution in [2.75, 3.05) is 23.0 Å². The van der Waals surface area contributed by atoms with E-state index in [2.05, 4.69) is 49.0 Å². The smallest absolute Gasteiger partial charge is 0.266 e. The highest BCUT2D eigenvalue weighted by atomic mass is 16.5. The number of anilines is 2. The molecule has 342 valence electrons. The topological polar surface area (TPSA) is 93.2 Å². The molecule has 2 saturated carbocycles. The van der Waals surface area contributed by atoms with E-state index in [1.807, 2.05) is 84.9 Å². The van der Waals surface area contributed by atoms with Crippen molar-refractivity contribution in [2.45, 2.75) is 63.2 Å². The van der Waals surface area contributed by atoms with E-state index >= 15 is 0 Å². The first-order valence-electron chi connectivity index (χ1n) is 24.1. The lowest BCUT2D eigenvalue weighted by Gasteiger charge is -2.29. The van der Waals surface area contributed by atoms with Gasteiger partial charge in [-0.05, 0) is 121 Å². The third-order valence-corrected chi connectivity index (χ3v) is 14.1. The van der Waals surface area contributed by atoms with Crippen LogP contribution in [0.1, 0.15) is 138 Å². The van der Waals surface area contributed by atoms with Crippen molar-refractivity contribution < 1.29 is 28.7 Å². The Morgan fingerprint density at radius 1 is 0.471 bits per heavy atom. The van der Waals surface area contributed by atoms with Crippen molar-refractivity contribution >= 4 is 56.5 Å². The van der Waals surface area contributed by atoms with Crippen molar-refractivity contribution in [2.24, 2.45) is 0 Å². The van der Waals surface area contributed by atoms with E-state index in [0.29, 0.717) is 101 Å². The van der Waals surface area contributed by atoms with Crippen LogP contribution in [0.3, 0.4) is 0 Å². The standard InChI is InChI=1S/C62H48N2O6/c1-3-33-69-57-45(37-53-55-49(57)21-11-23-51(55)59(65)63(61(53)67)47-19-9-17-43(35-47)41-13-5-6-14-41)31-29-39-25-27-40(28-26-39)30-32-46-38-54-56-50(58(46)70-34-4-2)22-12-24-52(56)60(66)64(62(54)68)48-20-10-18-44(36-48)42-15-7-8-16-42/h3-4,9-12,17-28,35-38,41-42H,1-2,5-8,13-16,33-34H2. The Bertz CT molecular complexity index is 3260. The highest BCUT2D eigenvalue weighted by Crippen LogP contribution is 2.43. The summed E-state index contributed by atoms with van der Waals surface area (Å²) in [5, 5.41) is 2.33. The second-order valence-electron chi connectivity index (χ2n) is 18.4. The molecule has 11 rings (SSSR count). The molecule has 0 atom stereocenters. The van der Waals surface area contributed by atoms with Crippen LogP contribution in [-0.2, 0) is 0 Å². The zero-order chi connectivity index (χ0) is 47.9. The molecule has 2 fully saturated rings. The Morgan fingerprint density at radius 3 is 1.26 bits per heavy atom. The van der Waals surface area contributed by atoms with Gasteiger partial charge in [-0.25, -0.2) is 9.80 Å². The molecule has 7 aromatic rings. The SMILES string of the molecule is C=CCOc1c(C#Cc2ccc(C#Cc3cc4c5c(cccc5c3OCC=C)C(=O)N(c3cccc(C5CCCC5)c3)C4=O)cc2)cc2c3c(cccc13)C(=O)N(c1cccc(C3CCCC3)c1)C2=O. The van der Waals surface area contributed by atoms with E-state index in [-0.39, 0.29) is 25.0 Å². The normalized spacial score (nSPS) is 15.5. The van der Waals surface area contributed by atoms with E-state index in [0.717, 1.165) is 36.8 Å². The summed E-state index contributed by atoms with van der Waals surface area (Å²) in [7, 11) is 0. The maximum atomic E-state index is 14.5. The second kappa shape index (κ2) is 18.6. The predicted molar refractivity (Wildman–Crippen MR) is 275 cm³/mol. The average Bonchev–Trinajstić information content (AvgIpc) is 4.15. The molecule has 8 nitrogen and oxygen atoms in total. The molecule has 0 aromatic heterocycles. The summed E-state index contributed by atoms with van der Waals surface area (Å²) in [5.74, 6) is 13.3. The van der Waals surface area contributed by atoms with E-state index in [1.54, 1.807) is 36.4 Å². The lowest BCUT2D eigenvalue weighted by molar-refractivity contribution is 0.0877. The zero-order valence-electron chi connectivity index (χ0n) is 38.7. The second-order valence-corrected chi connectivity index (χ2v) is 18.4. The van der Waals surface area contributed by atoms with Crippen LogP contribution in [0.5, 0.6) is 11.5 Å². The molecular formula is C62H48N2O6. The fourth-order valence-corrected chi connectivity index (χ4v) is 10.8. The third kappa shape index (κ3) is 7.82.